The fourth-order valence-corrected chi connectivity index (χ4v) is 5.16. The van der Waals surface area contributed by atoms with Crippen LogP contribution in [0.3, 0.4) is 0 Å². The molecule has 38 heavy (non-hydrogen) atoms. The topological polar surface area (TPSA) is 85.1 Å². The average molecular weight is 526 g/mol. The van der Waals surface area contributed by atoms with E-state index in [0.29, 0.717) is 18.1 Å². The monoisotopic (exact) mass is 525 g/mol. The highest BCUT2D eigenvalue weighted by atomic mass is 19.1. The fraction of sp³-hybridized carbons (Fsp3) is 0.533. The third-order valence-corrected chi connectivity index (χ3v) is 7.42. The normalized spacial score (nSPS) is 17.1. The Morgan fingerprint density at radius 2 is 1.63 bits per heavy atom. The van der Waals surface area contributed by atoms with Crippen molar-refractivity contribution in [2.75, 3.05) is 32.8 Å². The van der Waals surface area contributed by atoms with E-state index in [1.807, 2.05) is 44.2 Å². The van der Waals surface area contributed by atoms with Gasteiger partial charge in [0.05, 0.1) is 18.8 Å². The SMILES string of the molecule is CC(C)OC(=O)N1CCC(CCOc2ccc(-c3ccc(C[C@H](N)C(=O)N4CCCC4)c(F)c3)cc2)CC1. The summed E-state index contributed by atoms with van der Waals surface area (Å²) in [6.07, 6.45) is 4.72. The largest absolute Gasteiger partial charge is 0.494 e. The third kappa shape index (κ3) is 7.47. The number of rotatable bonds is 9. The molecule has 1 atom stereocenters. The van der Waals surface area contributed by atoms with E-state index in [4.69, 9.17) is 15.2 Å². The molecule has 7 nitrogen and oxygen atoms in total. The van der Waals surface area contributed by atoms with Gasteiger partial charge in [-0.2, -0.15) is 0 Å². The van der Waals surface area contributed by atoms with Crippen LogP contribution in [0.5, 0.6) is 5.75 Å². The van der Waals surface area contributed by atoms with E-state index < -0.39 is 6.04 Å². The van der Waals surface area contributed by atoms with Gasteiger partial charge in [0.2, 0.25) is 5.91 Å². The number of likely N-dealkylation sites (tertiary alicyclic amines) is 2. The van der Waals surface area contributed by atoms with Crippen LogP contribution in [0.2, 0.25) is 0 Å². The quantitative estimate of drug-likeness (QED) is 0.498. The summed E-state index contributed by atoms with van der Waals surface area (Å²) in [6.45, 7) is 7.26. The zero-order valence-corrected chi connectivity index (χ0v) is 22.5. The lowest BCUT2D eigenvalue weighted by molar-refractivity contribution is -0.131. The smallest absolute Gasteiger partial charge is 0.410 e. The summed E-state index contributed by atoms with van der Waals surface area (Å²) >= 11 is 0. The fourth-order valence-electron chi connectivity index (χ4n) is 5.16. The molecule has 0 aliphatic carbocycles. The molecule has 0 bridgehead atoms. The molecule has 2 amide bonds. The number of benzene rings is 2. The van der Waals surface area contributed by atoms with Crippen LogP contribution in [0.25, 0.3) is 11.1 Å². The number of hydrogen-bond donors (Lipinski definition) is 1. The zero-order chi connectivity index (χ0) is 27.1. The minimum absolute atomic E-state index is 0.0984. The minimum atomic E-state index is -0.723. The number of nitrogens with two attached hydrogens (primary N) is 1. The van der Waals surface area contributed by atoms with Gasteiger partial charge in [0, 0.05) is 26.2 Å². The number of piperidine rings is 1. The van der Waals surface area contributed by atoms with E-state index in [1.165, 1.54) is 6.07 Å². The number of ether oxygens (including phenoxy) is 2. The van der Waals surface area contributed by atoms with Gasteiger partial charge in [-0.3, -0.25) is 4.79 Å². The maximum atomic E-state index is 14.8. The van der Waals surface area contributed by atoms with Gasteiger partial charge in [0.15, 0.2) is 0 Å². The lowest BCUT2D eigenvalue weighted by Gasteiger charge is -2.31. The molecule has 2 aliphatic heterocycles. The Balaban J connectivity index is 1.22. The molecule has 4 rings (SSSR count). The van der Waals surface area contributed by atoms with Crippen molar-refractivity contribution in [1.29, 1.82) is 0 Å². The highest BCUT2D eigenvalue weighted by Gasteiger charge is 2.25. The Labute approximate surface area is 225 Å². The number of nitrogens with zero attached hydrogens (tertiary/aromatic N) is 2. The number of halogens is 1. The molecule has 0 aromatic heterocycles. The maximum Gasteiger partial charge on any atom is 0.410 e. The van der Waals surface area contributed by atoms with Crippen LogP contribution in [-0.2, 0) is 16.0 Å². The summed E-state index contributed by atoms with van der Waals surface area (Å²) in [7, 11) is 0. The Morgan fingerprint density at radius 3 is 2.26 bits per heavy atom. The first kappa shape index (κ1) is 27.9. The van der Waals surface area contributed by atoms with Crippen LogP contribution in [-0.4, -0.2) is 66.7 Å². The predicted octanol–water partition coefficient (Wildman–Crippen LogP) is 5.01. The molecule has 2 aliphatic rings. The van der Waals surface area contributed by atoms with Crippen molar-refractivity contribution in [3.05, 3.63) is 53.8 Å². The molecule has 0 spiro atoms. The Bertz CT molecular complexity index is 1080. The van der Waals surface area contributed by atoms with Crippen molar-refractivity contribution in [1.82, 2.24) is 9.80 Å². The van der Waals surface area contributed by atoms with E-state index in [2.05, 4.69) is 0 Å². The van der Waals surface area contributed by atoms with Crippen molar-refractivity contribution in [2.24, 2.45) is 11.7 Å². The molecule has 2 aromatic carbocycles. The average Bonchev–Trinajstić information content (AvgIpc) is 3.45. The number of carbonyl (C=O) groups excluding carboxylic acids is 2. The molecule has 2 fully saturated rings. The Hall–Kier alpha value is -3.13. The van der Waals surface area contributed by atoms with E-state index in [-0.39, 0.29) is 30.3 Å². The van der Waals surface area contributed by atoms with E-state index in [9.17, 15) is 14.0 Å². The van der Waals surface area contributed by atoms with Crippen LogP contribution in [0.1, 0.15) is 51.5 Å². The van der Waals surface area contributed by atoms with Gasteiger partial charge >= 0.3 is 6.09 Å². The number of amides is 2. The van der Waals surface area contributed by atoms with E-state index >= 15 is 0 Å². The van der Waals surface area contributed by atoms with Crippen molar-refractivity contribution in [3.63, 3.8) is 0 Å². The van der Waals surface area contributed by atoms with Crippen molar-refractivity contribution < 1.29 is 23.5 Å². The Kier molecular flexibility index (Phi) is 9.61. The van der Waals surface area contributed by atoms with Gasteiger partial charge in [-0.25, -0.2) is 9.18 Å². The van der Waals surface area contributed by atoms with Crippen LogP contribution in [0, 0.1) is 11.7 Å². The molecule has 0 saturated carbocycles. The summed E-state index contributed by atoms with van der Waals surface area (Å²) in [6, 6.07) is 12.0. The predicted molar refractivity (Wildman–Crippen MR) is 145 cm³/mol. The first-order valence-corrected chi connectivity index (χ1v) is 13.8. The molecule has 0 radical (unpaired) electrons. The second-order valence-electron chi connectivity index (χ2n) is 10.7. The lowest BCUT2D eigenvalue weighted by Crippen LogP contribution is -2.43. The van der Waals surface area contributed by atoms with Gasteiger partial charge in [-0.1, -0.05) is 24.3 Å². The van der Waals surface area contributed by atoms with Gasteiger partial charge in [-0.15, -0.1) is 0 Å². The minimum Gasteiger partial charge on any atom is -0.494 e. The first-order valence-electron chi connectivity index (χ1n) is 13.8. The summed E-state index contributed by atoms with van der Waals surface area (Å²) in [4.78, 5) is 28.1. The standard InChI is InChI=1S/C30H40FN3O4/c1-21(2)38-30(36)34-16-11-22(12-17-34)13-18-37-26-9-7-23(8-10-26)24-5-6-25(27(31)19-24)20-28(32)29(35)33-14-3-4-15-33/h5-10,19,21-22,28H,3-4,11-18,20,32H2,1-2H3/t28-/m0/s1. The summed E-state index contributed by atoms with van der Waals surface area (Å²) in [5.41, 5.74) is 8.20. The number of carbonyl (C=O) groups is 2. The molecule has 2 saturated heterocycles. The van der Waals surface area contributed by atoms with Gasteiger partial charge in [0.1, 0.15) is 11.6 Å². The summed E-state index contributed by atoms with van der Waals surface area (Å²) in [5, 5.41) is 0. The zero-order valence-electron chi connectivity index (χ0n) is 22.5. The van der Waals surface area contributed by atoms with Crippen LogP contribution in [0.15, 0.2) is 42.5 Å². The second kappa shape index (κ2) is 13.1. The second-order valence-corrected chi connectivity index (χ2v) is 10.7. The van der Waals surface area contributed by atoms with Crippen LogP contribution < -0.4 is 10.5 Å². The van der Waals surface area contributed by atoms with Gasteiger partial charge in [0.25, 0.3) is 0 Å². The molecule has 2 heterocycles. The Morgan fingerprint density at radius 1 is 0.974 bits per heavy atom. The molecule has 8 heteroatoms. The van der Waals surface area contributed by atoms with Crippen LogP contribution in [0.4, 0.5) is 9.18 Å². The molecule has 0 unspecified atom stereocenters. The van der Waals surface area contributed by atoms with Gasteiger partial charge in [-0.05, 0) is 93.2 Å². The first-order chi connectivity index (χ1) is 18.3. The molecule has 2 aromatic rings. The maximum absolute atomic E-state index is 14.8. The summed E-state index contributed by atoms with van der Waals surface area (Å²) in [5.74, 6) is 0.849. The lowest BCUT2D eigenvalue weighted by atomic mass is 9.94. The summed E-state index contributed by atoms with van der Waals surface area (Å²) < 4.78 is 26.1. The van der Waals surface area contributed by atoms with Crippen molar-refractivity contribution in [2.45, 2.75) is 64.5 Å². The molecular weight excluding hydrogens is 485 g/mol. The molecule has 2 N–H and O–H groups in total. The van der Waals surface area contributed by atoms with E-state index in [1.54, 1.807) is 15.9 Å². The molecular formula is C30H40FN3O4. The molecule has 206 valence electrons. The number of hydrogen-bond acceptors (Lipinski definition) is 5. The van der Waals surface area contributed by atoms with Crippen LogP contribution >= 0.6 is 0 Å². The van der Waals surface area contributed by atoms with Gasteiger partial charge < -0.3 is 25.0 Å². The highest BCUT2D eigenvalue weighted by Crippen LogP contribution is 2.26. The van der Waals surface area contributed by atoms with E-state index in [0.717, 1.165) is 75.2 Å². The van der Waals surface area contributed by atoms with Crippen molar-refractivity contribution >= 4 is 12.0 Å². The highest BCUT2D eigenvalue weighted by molar-refractivity contribution is 5.82. The third-order valence-electron chi connectivity index (χ3n) is 7.42. The van der Waals surface area contributed by atoms with Crippen molar-refractivity contribution in [3.8, 4) is 16.9 Å².